The van der Waals surface area contributed by atoms with Crippen LogP contribution >= 0.6 is 11.8 Å². The third-order valence-electron chi connectivity index (χ3n) is 2.83. The minimum atomic E-state index is 0.110. The van der Waals surface area contributed by atoms with Crippen molar-refractivity contribution in [3.63, 3.8) is 0 Å². The summed E-state index contributed by atoms with van der Waals surface area (Å²) in [5.74, 6) is 1.82. The first-order chi connectivity index (χ1) is 8.65. The van der Waals surface area contributed by atoms with Gasteiger partial charge in [-0.1, -0.05) is 6.07 Å². The Morgan fingerprint density at radius 1 is 1.56 bits per heavy atom. The van der Waals surface area contributed by atoms with E-state index < -0.39 is 0 Å². The summed E-state index contributed by atoms with van der Waals surface area (Å²) < 4.78 is 0. The molecule has 0 aliphatic carbocycles. The van der Waals surface area contributed by atoms with E-state index in [0.717, 1.165) is 17.2 Å². The Morgan fingerprint density at radius 2 is 2.33 bits per heavy atom. The number of pyridine rings is 1. The molecule has 1 rings (SSSR count). The first-order valence-electron chi connectivity index (χ1n) is 6.08. The van der Waals surface area contributed by atoms with Gasteiger partial charge in [-0.05, 0) is 19.1 Å². The van der Waals surface area contributed by atoms with Crippen LogP contribution in [0.2, 0.25) is 0 Å². The minimum Gasteiger partial charge on any atom is -0.342 e. The number of likely N-dealkylation sites (N-methyl/N-ethyl adjacent to an activating group) is 1. The Labute approximate surface area is 113 Å². The van der Waals surface area contributed by atoms with E-state index in [1.807, 2.05) is 32.2 Å². The summed E-state index contributed by atoms with van der Waals surface area (Å²) in [7, 11) is 1.81. The van der Waals surface area contributed by atoms with Crippen LogP contribution in [0.4, 0.5) is 0 Å². The van der Waals surface area contributed by atoms with Gasteiger partial charge in [0.1, 0.15) is 0 Å². The van der Waals surface area contributed by atoms with E-state index in [2.05, 4.69) is 4.98 Å². The largest absolute Gasteiger partial charge is 0.342 e. The van der Waals surface area contributed by atoms with E-state index in [4.69, 9.17) is 5.73 Å². The number of aromatic nitrogens is 1. The zero-order valence-electron chi connectivity index (χ0n) is 11.0. The molecular weight excluding hydrogens is 246 g/mol. The second-order valence-electron chi connectivity index (χ2n) is 4.21. The molecule has 0 aromatic carbocycles. The van der Waals surface area contributed by atoms with Crippen molar-refractivity contribution < 1.29 is 4.79 Å². The predicted octanol–water partition coefficient (Wildman–Crippen LogP) is 1.51. The SMILES string of the molecule is CC(CN)N(C)C(=O)CCSCc1ccccn1. The smallest absolute Gasteiger partial charge is 0.223 e. The van der Waals surface area contributed by atoms with Gasteiger partial charge in [0.25, 0.3) is 0 Å². The third-order valence-corrected chi connectivity index (χ3v) is 3.82. The van der Waals surface area contributed by atoms with Crippen molar-refractivity contribution >= 4 is 17.7 Å². The van der Waals surface area contributed by atoms with Gasteiger partial charge in [0.05, 0.1) is 5.69 Å². The molecule has 1 aromatic rings. The fourth-order valence-corrected chi connectivity index (χ4v) is 2.24. The summed E-state index contributed by atoms with van der Waals surface area (Å²) in [6.45, 7) is 2.46. The maximum absolute atomic E-state index is 11.8. The fourth-order valence-electron chi connectivity index (χ4n) is 1.40. The zero-order chi connectivity index (χ0) is 13.4. The number of rotatable bonds is 7. The number of hydrogen-bond donors (Lipinski definition) is 1. The predicted molar refractivity (Wildman–Crippen MR) is 76.3 cm³/mol. The Balaban J connectivity index is 2.20. The molecule has 1 heterocycles. The maximum atomic E-state index is 11.8. The molecule has 5 heteroatoms. The van der Waals surface area contributed by atoms with Crippen molar-refractivity contribution in [3.05, 3.63) is 30.1 Å². The van der Waals surface area contributed by atoms with E-state index in [0.29, 0.717) is 13.0 Å². The highest BCUT2D eigenvalue weighted by atomic mass is 32.2. The van der Waals surface area contributed by atoms with Crippen LogP contribution in [-0.2, 0) is 10.5 Å². The van der Waals surface area contributed by atoms with E-state index in [9.17, 15) is 4.79 Å². The van der Waals surface area contributed by atoms with Crippen molar-refractivity contribution in [2.24, 2.45) is 5.73 Å². The molecule has 0 fully saturated rings. The molecule has 2 N–H and O–H groups in total. The lowest BCUT2D eigenvalue weighted by atomic mass is 10.3. The first kappa shape index (κ1) is 15.0. The van der Waals surface area contributed by atoms with E-state index in [1.54, 1.807) is 22.9 Å². The van der Waals surface area contributed by atoms with Gasteiger partial charge in [0.2, 0.25) is 5.91 Å². The summed E-state index contributed by atoms with van der Waals surface area (Å²) in [6, 6.07) is 5.99. The second kappa shape index (κ2) is 8.11. The van der Waals surface area contributed by atoms with Gasteiger partial charge in [-0.3, -0.25) is 9.78 Å². The highest BCUT2D eigenvalue weighted by Crippen LogP contribution is 2.11. The molecule has 0 saturated heterocycles. The standard InChI is InChI=1S/C13H21N3OS/c1-11(9-14)16(2)13(17)6-8-18-10-12-5-3-4-7-15-12/h3-5,7,11H,6,8-10,14H2,1-2H3. The van der Waals surface area contributed by atoms with Crippen molar-refractivity contribution in [3.8, 4) is 0 Å². The number of nitrogens with zero attached hydrogens (tertiary/aromatic N) is 2. The van der Waals surface area contributed by atoms with Crippen LogP contribution in [0, 0.1) is 0 Å². The highest BCUT2D eigenvalue weighted by molar-refractivity contribution is 7.98. The lowest BCUT2D eigenvalue weighted by Crippen LogP contribution is -2.39. The van der Waals surface area contributed by atoms with E-state index in [1.165, 1.54) is 0 Å². The maximum Gasteiger partial charge on any atom is 0.223 e. The van der Waals surface area contributed by atoms with Crippen LogP contribution < -0.4 is 5.73 Å². The Morgan fingerprint density at radius 3 is 2.94 bits per heavy atom. The number of hydrogen-bond acceptors (Lipinski definition) is 4. The summed E-state index contributed by atoms with van der Waals surface area (Å²) >= 11 is 1.73. The number of carbonyl (C=O) groups is 1. The molecule has 0 radical (unpaired) electrons. The monoisotopic (exact) mass is 267 g/mol. The summed E-state index contributed by atoms with van der Waals surface area (Å²) in [5.41, 5.74) is 6.59. The van der Waals surface area contributed by atoms with Gasteiger partial charge in [-0.25, -0.2) is 0 Å². The molecule has 0 saturated carbocycles. The average Bonchev–Trinajstić information content (AvgIpc) is 2.42. The number of nitrogens with two attached hydrogens (primary N) is 1. The molecule has 0 aliphatic heterocycles. The minimum absolute atomic E-state index is 0.110. The molecular formula is C13H21N3OS. The van der Waals surface area contributed by atoms with Crippen LogP contribution in [-0.4, -0.2) is 41.2 Å². The molecule has 18 heavy (non-hydrogen) atoms. The Hall–Kier alpha value is -1.07. The normalized spacial score (nSPS) is 12.2. The van der Waals surface area contributed by atoms with Crippen molar-refractivity contribution in [2.75, 3.05) is 19.3 Å². The Kier molecular flexibility index (Phi) is 6.75. The van der Waals surface area contributed by atoms with Crippen LogP contribution in [0.1, 0.15) is 19.0 Å². The topological polar surface area (TPSA) is 59.2 Å². The first-order valence-corrected chi connectivity index (χ1v) is 7.24. The van der Waals surface area contributed by atoms with Crippen LogP contribution in [0.15, 0.2) is 24.4 Å². The average molecular weight is 267 g/mol. The van der Waals surface area contributed by atoms with Gasteiger partial charge in [0.15, 0.2) is 0 Å². The van der Waals surface area contributed by atoms with Crippen molar-refractivity contribution in [1.82, 2.24) is 9.88 Å². The molecule has 0 bridgehead atoms. The van der Waals surface area contributed by atoms with Crippen LogP contribution in [0.25, 0.3) is 0 Å². The van der Waals surface area contributed by atoms with Crippen molar-refractivity contribution in [2.45, 2.75) is 25.1 Å². The Bertz CT molecular complexity index is 359. The molecule has 100 valence electrons. The molecule has 1 atom stereocenters. The van der Waals surface area contributed by atoms with Gasteiger partial charge in [-0.15, -0.1) is 0 Å². The molecule has 1 unspecified atom stereocenters. The van der Waals surface area contributed by atoms with Crippen LogP contribution in [0.5, 0.6) is 0 Å². The lowest BCUT2D eigenvalue weighted by Gasteiger charge is -2.23. The van der Waals surface area contributed by atoms with Gasteiger partial charge >= 0.3 is 0 Å². The molecule has 1 amide bonds. The van der Waals surface area contributed by atoms with Gasteiger partial charge in [-0.2, -0.15) is 11.8 Å². The van der Waals surface area contributed by atoms with E-state index in [-0.39, 0.29) is 11.9 Å². The second-order valence-corrected chi connectivity index (χ2v) is 5.32. The number of carbonyl (C=O) groups excluding carboxylic acids is 1. The molecule has 0 aliphatic rings. The zero-order valence-corrected chi connectivity index (χ0v) is 11.8. The van der Waals surface area contributed by atoms with Crippen molar-refractivity contribution in [1.29, 1.82) is 0 Å². The molecule has 1 aromatic heterocycles. The quantitative estimate of drug-likeness (QED) is 0.761. The molecule has 4 nitrogen and oxygen atoms in total. The van der Waals surface area contributed by atoms with E-state index >= 15 is 0 Å². The number of amides is 1. The lowest BCUT2D eigenvalue weighted by molar-refractivity contribution is -0.131. The third kappa shape index (κ3) is 5.06. The van der Waals surface area contributed by atoms with Gasteiger partial charge in [0, 0.05) is 43.8 Å². The molecule has 0 spiro atoms. The highest BCUT2D eigenvalue weighted by Gasteiger charge is 2.13. The number of thioether (sulfide) groups is 1. The summed E-state index contributed by atoms with van der Waals surface area (Å²) in [5, 5.41) is 0. The van der Waals surface area contributed by atoms with Gasteiger partial charge < -0.3 is 10.6 Å². The van der Waals surface area contributed by atoms with Crippen LogP contribution in [0.3, 0.4) is 0 Å². The summed E-state index contributed by atoms with van der Waals surface area (Å²) in [6.07, 6.45) is 2.34. The summed E-state index contributed by atoms with van der Waals surface area (Å²) in [4.78, 5) is 17.8. The fraction of sp³-hybridized carbons (Fsp3) is 0.538.